The molecular formula is C13H14N4O2S2. The van der Waals surface area contributed by atoms with Crippen molar-refractivity contribution in [3.8, 4) is 10.8 Å². The molecule has 3 aromatic rings. The Kier molecular flexibility index (Phi) is 4.35. The summed E-state index contributed by atoms with van der Waals surface area (Å²) in [5, 5.41) is 14.5. The van der Waals surface area contributed by atoms with Crippen molar-refractivity contribution < 1.29 is 8.94 Å². The third-order valence-corrected chi connectivity index (χ3v) is 4.23. The van der Waals surface area contributed by atoms with Crippen molar-refractivity contribution in [2.75, 3.05) is 0 Å². The third-order valence-electron chi connectivity index (χ3n) is 2.56. The number of nitrogens with zero attached hydrogens (tertiary/aromatic N) is 4. The van der Waals surface area contributed by atoms with Crippen LogP contribution in [0.3, 0.4) is 0 Å². The molecule has 110 valence electrons. The molecule has 0 aromatic carbocycles. The Morgan fingerprint density at radius 3 is 3.00 bits per heavy atom. The van der Waals surface area contributed by atoms with E-state index in [1.165, 1.54) is 11.8 Å². The fourth-order valence-electron chi connectivity index (χ4n) is 1.68. The lowest BCUT2D eigenvalue weighted by Crippen LogP contribution is -1.94. The van der Waals surface area contributed by atoms with Gasteiger partial charge in [0, 0.05) is 6.42 Å². The maximum Gasteiger partial charge on any atom is 0.277 e. The average Bonchev–Trinajstić information content (AvgIpc) is 3.17. The molecule has 0 fully saturated rings. The van der Waals surface area contributed by atoms with E-state index < -0.39 is 0 Å². The summed E-state index contributed by atoms with van der Waals surface area (Å²) in [6.45, 7) is 4.23. The molecule has 0 aliphatic carbocycles. The smallest absolute Gasteiger partial charge is 0.277 e. The average molecular weight is 322 g/mol. The van der Waals surface area contributed by atoms with Crippen molar-refractivity contribution in [3.63, 3.8) is 0 Å². The van der Waals surface area contributed by atoms with Gasteiger partial charge in [0.2, 0.25) is 5.89 Å². The van der Waals surface area contributed by atoms with E-state index in [1.54, 1.807) is 11.3 Å². The second-order valence-corrected chi connectivity index (χ2v) is 6.72. The van der Waals surface area contributed by atoms with E-state index in [-0.39, 0.29) is 0 Å². The van der Waals surface area contributed by atoms with E-state index in [4.69, 9.17) is 8.94 Å². The Balaban J connectivity index is 1.59. The van der Waals surface area contributed by atoms with E-state index in [0.29, 0.717) is 34.5 Å². The van der Waals surface area contributed by atoms with Gasteiger partial charge in [-0.05, 0) is 17.4 Å². The predicted octanol–water partition coefficient (Wildman–Crippen LogP) is 3.67. The highest BCUT2D eigenvalue weighted by atomic mass is 32.2. The van der Waals surface area contributed by atoms with Gasteiger partial charge in [-0.15, -0.1) is 21.5 Å². The van der Waals surface area contributed by atoms with Gasteiger partial charge in [-0.2, -0.15) is 4.98 Å². The summed E-state index contributed by atoms with van der Waals surface area (Å²) < 4.78 is 10.8. The van der Waals surface area contributed by atoms with Crippen LogP contribution in [-0.2, 0) is 12.2 Å². The second-order valence-electron chi connectivity index (χ2n) is 4.84. The first kappa shape index (κ1) is 14.3. The Bertz CT molecular complexity index is 691. The van der Waals surface area contributed by atoms with Crippen molar-refractivity contribution in [2.24, 2.45) is 5.92 Å². The summed E-state index contributed by atoms with van der Waals surface area (Å²) in [7, 11) is 0. The number of hydrogen-bond donors (Lipinski definition) is 0. The Morgan fingerprint density at radius 1 is 1.33 bits per heavy atom. The molecule has 0 saturated heterocycles. The molecular weight excluding hydrogens is 308 g/mol. The Morgan fingerprint density at radius 2 is 2.24 bits per heavy atom. The largest absolute Gasteiger partial charge is 0.410 e. The summed E-state index contributed by atoms with van der Waals surface area (Å²) >= 11 is 2.97. The van der Waals surface area contributed by atoms with Gasteiger partial charge < -0.3 is 8.94 Å². The van der Waals surface area contributed by atoms with Crippen molar-refractivity contribution in [1.29, 1.82) is 0 Å². The fraction of sp³-hybridized carbons (Fsp3) is 0.385. The molecule has 0 aliphatic rings. The van der Waals surface area contributed by atoms with Crippen molar-refractivity contribution in [3.05, 3.63) is 29.2 Å². The Hall–Kier alpha value is -1.67. The number of aromatic nitrogens is 4. The normalized spacial score (nSPS) is 11.4. The van der Waals surface area contributed by atoms with Crippen molar-refractivity contribution >= 4 is 23.1 Å². The van der Waals surface area contributed by atoms with E-state index in [9.17, 15) is 0 Å². The summed E-state index contributed by atoms with van der Waals surface area (Å²) in [5.41, 5.74) is 0. The van der Waals surface area contributed by atoms with Gasteiger partial charge in [-0.3, -0.25) is 0 Å². The van der Waals surface area contributed by atoms with Crippen LogP contribution in [0.4, 0.5) is 0 Å². The number of rotatable bonds is 6. The van der Waals surface area contributed by atoms with Crippen molar-refractivity contribution in [2.45, 2.75) is 31.2 Å². The van der Waals surface area contributed by atoms with Gasteiger partial charge >= 0.3 is 0 Å². The summed E-state index contributed by atoms with van der Waals surface area (Å²) in [4.78, 5) is 5.30. The first-order valence-electron chi connectivity index (χ1n) is 6.52. The zero-order valence-electron chi connectivity index (χ0n) is 11.6. The van der Waals surface area contributed by atoms with Crippen LogP contribution in [0.15, 0.2) is 31.7 Å². The van der Waals surface area contributed by atoms with E-state index in [0.717, 1.165) is 11.3 Å². The maximum atomic E-state index is 5.59. The molecule has 21 heavy (non-hydrogen) atoms. The molecule has 0 unspecified atom stereocenters. The first-order chi connectivity index (χ1) is 10.2. The lowest BCUT2D eigenvalue weighted by Gasteiger charge is -1.95. The molecule has 3 aromatic heterocycles. The summed E-state index contributed by atoms with van der Waals surface area (Å²) in [5.74, 6) is 2.90. The van der Waals surface area contributed by atoms with Crippen LogP contribution < -0.4 is 0 Å². The fourth-order valence-corrected chi connectivity index (χ4v) is 2.93. The van der Waals surface area contributed by atoms with Gasteiger partial charge in [-0.25, -0.2) is 0 Å². The van der Waals surface area contributed by atoms with Crippen LogP contribution >= 0.6 is 23.1 Å². The lowest BCUT2D eigenvalue weighted by atomic mass is 10.1. The monoisotopic (exact) mass is 322 g/mol. The van der Waals surface area contributed by atoms with Crippen LogP contribution in [0.2, 0.25) is 0 Å². The zero-order chi connectivity index (χ0) is 14.7. The molecule has 8 heteroatoms. The number of thioether (sulfide) groups is 1. The van der Waals surface area contributed by atoms with Gasteiger partial charge in [-0.1, -0.05) is 36.8 Å². The van der Waals surface area contributed by atoms with Gasteiger partial charge in [0.1, 0.15) is 0 Å². The standard InChI is InChI=1S/C13H14N4O2S2/c1-8(2)6-11-14-10(17-19-11)7-21-13-16-15-12(18-13)9-4-3-5-20-9/h3-5,8H,6-7H2,1-2H3. The number of thiophene rings is 1. The molecule has 0 bridgehead atoms. The molecule has 3 rings (SSSR count). The van der Waals surface area contributed by atoms with Gasteiger partial charge in [0.25, 0.3) is 11.1 Å². The van der Waals surface area contributed by atoms with Crippen LogP contribution in [-0.4, -0.2) is 20.3 Å². The van der Waals surface area contributed by atoms with Crippen LogP contribution in [0, 0.1) is 5.92 Å². The lowest BCUT2D eigenvalue weighted by molar-refractivity contribution is 0.360. The first-order valence-corrected chi connectivity index (χ1v) is 8.39. The SMILES string of the molecule is CC(C)Cc1nc(CSc2nnc(-c3cccs3)o2)no1. The molecule has 0 atom stereocenters. The summed E-state index contributed by atoms with van der Waals surface area (Å²) in [6.07, 6.45) is 0.792. The van der Waals surface area contributed by atoms with E-state index in [1.807, 2.05) is 17.5 Å². The maximum absolute atomic E-state index is 5.59. The molecule has 0 N–H and O–H groups in total. The highest BCUT2D eigenvalue weighted by Crippen LogP contribution is 2.27. The van der Waals surface area contributed by atoms with Gasteiger partial charge in [0.15, 0.2) is 5.82 Å². The van der Waals surface area contributed by atoms with Crippen molar-refractivity contribution in [1.82, 2.24) is 20.3 Å². The molecule has 0 aliphatic heterocycles. The highest BCUT2D eigenvalue weighted by molar-refractivity contribution is 7.98. The topological polar surface area (TPSA) is 77.8 Å². The highest BCUT2D eigenvalue weighted by Gasteiger charge is 2.12. The summed E-state index contributed by atoms with van der Waals surface area (Å²) in [6, 6.07) is 3.90. The van der Waals surface area contributed by atoms with Crippen LogP contribution in [0.1, 0.15) is 25.6 Å². The second kappa shape index (κ2) is 6.40. The predicted molar refractivity (Wildman–Crippen MR) is 80.0 cm³/mol. The molecule has 3 heterocycles. The Labute approximate surface area is 130 Å². The van der Waals surface area contributed by atoms with Gasteiger partial charge in [0.05, 0.1) is 10.6 Å². The van der Waals surface area contributed by atoms with Crippen LogP contribution in [0.25, 0.3) is 10.8 Å². The molecule has 0 radical (unpaired) electrons. The quantitative estimate of drug-likeness (QED) is 0.641. The van der Waals surface area contributed by atoms with E-state index in [2.05, 4.69) is 34.2 Å². The molecule has 0 amide bonds. The van der Waals surface area contributed by atoms with Crippen LogP contribution in [0.5, 0.6) is 0 Å². The molecule has 0 spiro atoms. The van der Waals surface area contributed by atoms with E-state index >= 15 is 0 Å². The minimum atomic E-state index is 0.496. The minimum Gasteiger partial charge on any atom is -0.410 e. The zero-order valence-corrected chi connectivity index (χ0v) is 13.3. The molecule has 6 nitrogen and oxygen atoms in total. The third kappa shape index (κ3) is 3.70. The minimum absolute atomic E-state index is 0.496. The molecule has 0 saturated carbocycles. The number of hydrogen-bond acceptors (Lipinski definition) is 8.